The lowest BCUT2D eigenvalue weighted by atomic mass is 10.1. The van der Waals surface area contributed by atoms with E-state index in [0.717, 1.165) is 33.4 Å². The van der Waals surface area contributed by atoms with Crippen LogP contribution in [0, 0.1) is 63.2 Å². The molecule has 16 nitrogen and oxygen atoms in total. The van der Waals surface area contributed by atoms with Gasteiger partial charge in [-0.2, -0.15) is 0 Å². The van der Waals surface area contributed by atoms with E-state index in [1.54, 1.807) is 21.8 Å². The van der Waals surface area contributed by atoms with Gasteiger partial charge in [0.1, 0.15) is 36.7 Å². The molecule has 2 saturated carbocycles. The van der Waals surface area contributed by atoms with Crippen LogP contribution in [-0.4, -0.2) is 91.9 Å². The third kappa shape index (κ3) is 11.7. The van der Waals surface area contributed by atoms with Crippen molar-refractivity contribution in [2.75, 3.05) is 25.7 Å². The van der Waals surface area contributed by atoms with Crippen molar-refractivity contribution in [2.45, 2.75) is 38.4 Å². The minimum absolute atomic E-state index is 0.0704. The van der Waals surface area contributed by atoms with Crippen molar-refractivity contribution in [1.29, 1.82) is 0 Å². The average molecular weight is 673 g/mol. The van der Waals surface area contributed by atoms with Crippen molar-refractivity contribution in [3.63, 3.8) is 0 Å². The molecule has 2 heterocycles. The maximum absolute atomic E-state index is 12.4. The Kier molecular flexibility index (Phi) is 14.3. The number of carbonyl (C=O) groups excluding carboxylic acids is 4. The molecule has 0 saturated heterocycles. The van der Waals surface area contributed by atoms with Gasteiger partial charge < -0.3 is 29.6 Å². The molecule has 2 aromatic rings. The van der Waals surface area contributed by atoms with E-state index in [0.29, 0.717) is 24.5 Å². The van der Waals surface area contributed by atoms with Crippen LogP contribution in [0.5, 0.6) is 0 Å². The fourth-order valence-electron chi connectivity index (χ4n) is 3.88. The normalized spacial score (nSPS) is 16.5. The summed E-state index contributed by atoms with van der Waals surface area (Å²) < 4.78 is 23.2. The Bertz CT molecular complexity index is 1190. The van der Waals surface area contributed by atoms with Gasteiger partial charge in [-0.15, -0.1) is 10.2 Å². The van der Waals surface area contributed by atoms with Crippen molar-refractivity contribution in [2.24, 2.45) is 0 Å². The maximum atomic E-state index is 12.4. The lowest BCUT2D eigenvalue weighted by Gasteiger charge is -2.17. The molecule has 4 rings (SSSR count). The smallest absolute Gasteiger partial charge is 0.408 e. The number of amides is 2. The van der Waals surface area contributed by atoms with Gasteiger partial charge >= 0.3 is 24.1 Å². The monoisotopic (exact) mass is 672 g/mol. The summed E-state index contributed by atoms with van der Waals surface area (Å²) in [6, 6.07) is -2.10. The highest BCUT2D eigenvalue weighted by molar-refractivity contribution is 8.76. The van der Waals surface area contributed by atoms with Crippen LogP contribution in [0.15, 0.2) is 12.4 Å². The van der Waals surface area contributed by atoms with E-state index in [4.69, 9.17) is 18.9 Å². The van der Waals surface area contributed by atoms with Gasteiger partial charge in [0.25, 0.3) is 0 Å². The molecule has 2 aliphatic rings. The molecule has 2 aliphatic carbocycles. The molecule has 2 fully saturated rings. The number of alkyl carbamates (subject to hydrolysis) is 2. The SMILES string of the molecule is COC(=O)[C@H](CSSC[C@H](NC(=O)OCc1cn(C[C]2[CH][CH][CH][CH]2)nn1)C(=O)OC)NC(=O)OCc1cn(C[C]2[CH][CH][CH][CH]2)nn1. The Morgan fingerprint density at radius 2 is 1.09 bits per heavy atom. The topological polar surface area (TPSA) is 191 Å². The number of nitrogens with zero attached hydrogens (tertiary/aromatic N) is 6. The Balaban J connectivity index is 1.16. The second-order valence-corrected chi connectivity index (χ2v) is 12.1. The van der Waals surface area contributed by atoms with Crippen molar-refractivity contribution in [3.8, 4) is 0 Å². The maximum Gasteiger partial charge on any atom is 0.408 e. The number of aromatic nitrogens is 6. The summed E-state index contributed by atoms with van der Waals surface area (Å²) in [7, 11) is 4.71. The van der Waals surface area contributed by atoms with Gasteiger partial charge in [0.05, 0.1) is 26.6 Å². The molecule has 10 radical (unpaired) electrons. The quantitative estimate of drug-likeness (QED) is 0.106. The van der Waals surface area contributed by atoms with Crippen molar-refractivity contribution >= 4 is 45.7 Å². The van der Waals surface area contributed by atoms with Crippen LogP contribution in [0.1, 0.15) is 11.4 Å². The molecule has 2 amide bonds. The largest absolute Gasteiger partial charge is 0.467 e. The van der Waals surface area contributed by atoms with Crippen LogP contribution in [-0.2, 0) is 54.8 Å². The summed E-state index contributed by atoms with van der Waals surface area (Å²) in [6.07, 6.45) is 17.1. The standard InChI is InChI=1S/C28H32N8O8S2/c1-41-25(37)23(29-27(39)43-15-21-13-35(33-31-21)11-19-7-3-4-8-19)17-45-46-18-24(26(38)42-2)30-28(40)44-16-22-14-36(34-32-22)12-20-9-5-6-10-20/h3-10,13-14,23-24H,11-12,15-18H2,1-2H3,(H,29,39)(H,30,40)/t23-,24-/m0/s1. The first kappa shape index (κ1) is 35.3. The molecule has 46 heavy (non-hydrogen) atoms. The summed E-state index contributed by atoms with van der Waals surface area (Å²) in [5, 5.41) is 20.9. The van der Waals surface area contributed by atoms with E-state index in [-0.39, 0.29) is 24.7 Å². The average Bonchev–Trinajstić information content (AvgIpc) is 3.89. The zero-order chi connectivity index (χ0) is 32.7. The van der Waals surface area contributed by atoms with Gasteiger partial charge in [-0.3, -0.25) is 9.36 Å². The number of esters is 2. The van der Waals surface area contributed by atoms with Crippen LogP contribution in [0.3, 0.4) is 0 Å². The predicted molar refractivity (Wildman–Crippen MR) is 164 cm³/mol. The summed E-state index contributed by atoms with van der Waals surface area (Å²) in [5.41, 5.74) is 0.863. The third-order valence-electron chi connectivity index (χ3n) is 6.14. The first-order chi connectivity index (χ1) is 22.3. The van der Waals surface area contributed by atoms with Gasteiger partial charge in [0.15, 0.2) is 0 Å². The first-order valence-corrected chi connectivity index (χ1v) is 16.3. The highest BCUT2D eigenvalue weighted by atomic mass is 33.1. The second kappa shape index (κ2) is 18.6. The summed E-state index contributed by atoms with van der Waals surface area (Å²) in [4.78, 5) is 49.3. The van der Waals surface area contributed by atoms with Gasteiger partial charge in [-0.25, -0.2) is 19.2 Å². The molecule has 2 aromatic heterocycles. The van der Waals surface area contributed by atoms with Crippen LogP contribution < -0.4 is 10.6 Å². The van der Waals surface area contributed by atoms with Crippen LogP contribution in [0.25, 0.3) is 0 Å². The van der Waals surface area contributed by atoms with Crippen LogP contribution in [0.4, 0.5) is 9.59 Å². The molecule has 2 atom stereocenters. The number of nitrogens with one attached hydrogen (secondary N) is 2. The van der Waals surface area contributed by atoms with Crippen molar-refractivity contribution in [3.05, 3.63) is 87.0 Å². The van der Waals surface area contributed by atoms with Gasteiger partial charge in [0.2, 0.25) is 0 Å². The fraction of sp³-hybridized carbons (Fsp3) is 0.357. The Morgan fingerprint density at radius 1 is 0.696 bits per heavy atom. The van der Waals surface area contributed by atoms with Crippen LogP contribution >= 0.6 is 21.6 Å². The minimum Gasteiger partial charge on any atom is -0.467 e. The fourth-order valence-corrected chi connectivity index (χ4v) is 6.17. The number of hydrogen-bond donors (Lipinski definition) is 2. The lowest BCUT2D eigenvalue weighted by Crippen LogP contribution is -2.44. The van der Waals surface area contributed by atoms with Gasteiger partial charge in [-0.05, 0) is 51.4 Å². The molecule has 2 N–H and O–H groups in total. The van der Waals surface area contributed by atoms with Crippen molar-refractivity contribution in [1.82, 2.24) is 40.6 Å². The first-order valence-electron chi connectivity index (χ1n) is 13.8. The Hall–Kier alpha value is -3.54. The molecule has 0 aliphatic heterocycles. The molecule has 0 bridgehead atoms. The van der Waals surface area contributed by atoms with Crippen molar-refractivity contribution < 1.29 is 38.1 Å². The molecule has 18 heteroatoms. The van der Waals surface area contributed by atoms with E-state index in [2.05, 4.69) is 31.3 Å². The van der Waals surface area contributed by atoms with Gasteiger partial charge in [0, 0.05) is 36.4 Å². The molecular formula is C28H32N8O8S2. The summed E-state index contributed by atoms with van der Waals surface area (Å²) in [6.45, 7) is 0.745. The van der Waals surface area contributed by atoms with E-state index in [9.17, 15) is 19.2 Å². The van der Waals surface area contributed by atoms with E-state index >= 15 is 0 Å². The third-order valence-corrected chi connectivity index (χ3v) is 8.56. The molecule has 0 unspecified atom stereocenters. The molecule has 0 spiro atoms. The number of carbonyl (C=O) groups is 4. The summed E-state index contributed by atoms with van der Waals surface area (Å²) >= 11 is 0. The van der Waals surface area contributed by atoms with E-state index in [1.807, 2.05) is 51.4 Å². The Labute approximate surface area is 275 Å². The zero-order valence-corrected chi connectivity index (χ0v) is 26.6. The summed E-state index contributed by atoms with van der Waals surface area (Å²) in [5.74, 6) is 0.874. The van der Waals surface area contributed by atoms with E-state index < -0.39 is 36.2 Å². The van der Waals surface area contributed by atoms with E-state index in [1.165, 1.54) is 14.2 Å². The minimum atomic E-state index is -1.05. The molecular weight excluding hydrogens is 640 g/mol. The second-order valence-electron chi connectivity index (χ2n) is 9.56. The molecule has 244 valence electrons. The number of hydrogen-bond acceptors (Lipinski definition) is 14. The van der Waals surface area contributed by atoms with Crippen LogP contribution in [0.2, 0.25) is 0 Å². The van der Waals surface area contributed by atoms with Gasteiger partial charge in [-0.1, -0.05) is 32.0 Å². The predicted octanol–water partition coefficient (Wildman–Crippen LogP) is 1.30. The Morgan fingerprint density at radius 3 is 1.46 bits per heavy atom. The number of methoxy groups -OCH3 is 2. The zero-order valence-electron chi connectivity index (χ0n) is 24.9. The number of ether oxygens (including phenoxy) is 4. The lowest BCUT2D eigenvalue weighted by molar-refractivity contribution is -0.143. The highest BCUT2D eigenvalue weighted by Crippen LogP contribution is 2.26. The number of rotatable bonds is 17. The highest BCUT2D eigenvalue weighted by Gasteiger charge is 2.26. The molecule has 0 aromatic carbocycles.